The van der Waals surface area contributed by atoms with Gasteiger partial charge in [0.2, 0.25) is 0 Å². The second kappa shape index (κ2) is 26.0. The molecule has 4 aromatic rings. The highest BCUT2D eigenvalue weighted by molar-refractivity contribution is 7.89. The lowest BCUT2D eigenvalue weighted by Gasteiger charge is -2.44. The van der Waals surface area contributed by atoms with E-state index in [1.165, 1.54) is 65.5 Å². The summed E-state index contributed by atoms with van der Waals surface area (Å²) < 4.78 is 20.4. The van der Waals surface area contributed by atoms with Gasteiger partial charge < -0.3 is 39.1 Å². The highest BCUT2D eigenvalue weighted by atomic mass is 16.5. The van der Waals surface area contributed by atoms with E-state index in [0.29, 0.717) is 47.1 Å². The number of rotatable bonds is 14. The Hall–Kier alpha value is -2.73. The van der Waals surface area contributed by atoms with Gasteiger partial charge in [0.25, 0.3) is 0 Å². The molecule has 343 valence electrons. The van der Waals surface area contributed by atoms with Crippen LogP contribution in [0.2, 0.25) is 0 Å². The Labute approximate surface area is 433 Å². The van der Waals surface area contributed by atoms with Gasteiger partial charge in [-0.25, -0.2) is 9.59 Å². The van der Waals surface area contributed by atoms with Gasteiger partial charge in [0, 0.05) is 166 Å². The third-order valence-electron chi connectivity index (χ3n) is 15.0. The summed E-state index contributed by atoms with van der Waals surface area (Å²) in [4.78, 5) is 24.2. The van der Waals surface area contributed by atoms with Crippen LogP contribution in [0, 0.1) is 25.7 Å². The molecule has 10 nitrogen and oxygen atoms in total. The number of methoxy groups -OCH3 is 1. The molecule has 0 amide bonds. The van der Waals surface area contributed by atoms with E-state index in [-0.39, 0.29) is 23.4 Å². The molecule has 2 aromatic heterocycles. The number of hydrogen-bond donors (Lipinski definition) is 3. The molecule has 4 heterocycles. The molecule has 2 saturated carbocycles. The van der Waals surface area contributed by atoms with Crippen molar-refractivity contribution < 1.29 is 28.9 Å². The predicted octanol–water partition coefficient (Wildman–Crippen LogP) is 2.67. The Morgan fingerprint density at radius 3 is 1.33 bits per heavy atom. The van der Waals surface area contributed by atoms with Crippen molar-refractivity contribution >= 4 is 142 Å². The number of para-hydroxylation sites is 2. The first-order valence-corrected chi connectivity index (χ1v) is 24.9. The molecular weight excluding hydrogens is 855 g/mol. The predicted molar refractivity (Wildman–Crippen MR) is 304 cm³/mol. The van der Waals surface area contributed by atoms with E-state index < -0.39 is 31.5 Å². The largest absolute Gasteiger partial charge is 0.478 e. The Morgan fingerprint density at radius 1 is 0.671 bits per heavy atom. The van der Waals surface area contributed by atoms with Gasteiger partial charge in [-0.2, -0.15) is 0 Å². The van der Waals surface area contributed by atoms with Gasteiger partial charge in [0.05, 0.1) is 55.7 Å². The second-order valence-electron chi connectivity index (χ2n) is 20.7. The number of hydrogen-bond acceptors (Lipinski definition) is 7. The lowest BCUT2D eigenvalue weighted by molar-refractivity contribution is -0.0719. The number of carbonyl (C=O) groups is 2. The van der Waals surface area contributed by atoms with Crippen LogP contribution in [0.15, 0.2) is 48.5 Å². The van der Waals surface area contributed by atoms with E-state index in [0.717, 1.165) is 59.6 Å². The normalized spacial score (nSPS) is 21.8. The highest BCUT2D eigenvalue weighted by Gasteiger charge is 2.39. The number of esters is 1. The average Bonchev–Trinajstić information content (AvgIpc) is 3.79. The van der Waals surface area contributed by atoms with Crippen LogP contribution in [-0.4, -0.2) is 191 Å². The molecule has 70 heavy (non-hydrogen) atoms. The molecule has 2 aliphatic heterocycles. The molecule has 25 heteroatoms. The number of carboxylic acids is 1. The molecule has 2 atom stereocenters. The molecule has 8 rings (SSSR count). The van der Waals surface area contributed by atoms with Crippen LogP contribution in [0.1, 0.15) is 123 Å². The molecule has 2 aliphatic carbocycles. The van der Waals surface area contributed by atoms with Crippen LogP contribution in [0.4, 0.5) is 0 Å². The first-order valence-electron chi connectivity index (χ1n) is 24.9. The zero-order chi connectivity index (χ0) is 51.7. The molecule has 2 saturated heterocycles. The van der Waals surface area contributed by atoms with Crippen molar-refractivity contribution in [2.24, 2.45) is 11.8 Å². The molecular formula is C45H62B15N4O6. The van der Waals surface area contributed by atoms with Crippen molar-refractivity contribution in [3.63, 3.8) is 0 Å². The fraction of sp³-hybridized carbons (Fsp3) is 0.600. The number of carboxylic acid groups (broad SMARTS) is 1. The van der Waals surface area contributed by atoms with Crippen molar-refractivity contribution in [2.45, 2.75) is 128 Å². The molecule has 0 unspecified atom stereocenters. The minimum absolute atomic E-state index is 0.159. The molecule has 4 fully saturated rings. The lowest BCUT2D eigenvalue weighted by atomic mass is 8.68. The van der Waals surface area contributed by atoms with Gasteiger partial charge in [-0.15, -0.1) is 0 Å². The fourth-order valence-corrected chi connectivity index (χ4v) is 10.7. The first kappa shape index (κ1) is 58.2. The minimum Gasteiger partial charge on any atom is -0.478 e. The topological polar surface area (TPSA) is 116 Å². The minimum atomic E-state index is -0.835. The van der Waals surface area contributed by atoms with Crippen molar-refractivity contribution in [2.75, 3.05) is 33.5 Å². The third-order valence-corrected chi connectivity index (χ3v) is 15.0. The molecule has 19 radical (unpaired) electrons. The maximum atomic E-state index is 12.4. The first-order chi connectivity index (χ1) is 33.1. The smallest absolute Gasteiger partial charge is 0.340 e. The zero-order valence-corrected chi connectivity index (χ0v) is 42.6. The maximum Gasteiger partial charge on any atom is 0.340 e. The van der Waals surface area contributed by atoms with Crippen LogP contribution in [0.5, 0.6) is 0 Å². The van der Waals surface area contributed by atoms with Crippen LogP contribution >= 0.6 is 0 Å². The van der Waals surface area contributed by atoms with Crippen LogP contribution in [0.25, 0.3) is 21.8 Å². The molecule has 0 spiro atoms. The monoisotopic (exact) mass is 920 g/mol. The van der Waals surface area contributed by atoms with E-state index in [2.05, 4.69) is 59.6 Å². The standard InChI is InChI=1S/C23H32N2O3.C22H30N2O3.B8.B7/c1-15(17-9-11-18(12-10-17)24-23(3)13-28-14-23)25-16(2)21(22(26)27-4)19-7-5-6-8-20(19)25;1-14(16-8-10-17(11-9-16)23-22(3)12-27-13-22)24-15(2)20(21(25)26)18-6-4-5-7-19(18)24;1-6(2)8(5)7(3)4;1-5-7(4)6(2)3/h5-8,15,17-18,24H,9-14H2,1-4H3;4-7,14,16-17,23H,8-13H2,1-3H3,(H,25,26);;/t15-,17?,18?;14-,16?,17?;;/m11../s1. The van der Waals surface area contributed by atoms with Crippen molar-refractivity contribution in [3.8, 4) is 0 Å². The number of benzene rings is 2. The number of aromatic carboxylic acids is 1. The highest BCUT2D eigenvalue weighted by Crippen LogP contribution is 2.40. The quantitative estimate of drug-likeness (QED) is 0.131. The molecule has 3 N–H and O–H groups in total. The Kier molecular flexibility index (Phi) is 21.6. The number of nitrogens with zero attached hydrogens (tertiary/aromatic N) is 2. The van der Waals surface area contributed by atoms with E-state index in [4.69, 9.17) is 83.8 Å². The number of ether oxygens (including phenoxy) is 3. The average molecular weight is 917 g/mol. The number of nitrogens with one attached hydrogen (secondary N) is 2. The van der Waals surface area contributed by atoms with Gasteiger partial charge in [-0.3, -0.25) is 0 Å². The summed E-state index contributed by atoms with van der Waals surface area (Å²) in [5, 5.41) is 19.1. The molecule has 0 bridgehead atoms. The summed E-state index contributed by atoms with van der Waals surface area (Å²) in [6.45, 7) is 16.3. The summed E-state index contributed by atoms with van der Waals surface area (Å²) in [6, 6.07) is 17.9. The van der Waals surface area contributed by atoms with Crippen LogP contribution < -0.4 is 10.6 Å². The number of aromatic nitrogens is 2. The van der Waals surface area contributed by atoms with Crippen molar-refractivity contribution in [1.29, 1.82) is 0 Å². The second-order valence-corrected chi connectivity index (χ2v) is 20.7. The van der Waals surface area contributed by atoms with E-state index in [1.54, 1.807) is 0 Å². The van der Waals surface area contributed by atoms with Crippen molar-refractivity contribution in [3.05, 3.63) is 71.0 Å². The summed E-state index contributed by atoms with van der Waals surface area (Å²) in [5.74, 6) is 0.107. The van der Waals surface area contributed by atoms with Gasteiger partial charge in [-0.05, 0) is 117 Å². The maximum absolute atomic E-state index is 12.4. The van der Waals surface area contributed by atoms with E-state index in [1.807, 2.05) is 50.2 Å². The summed E-state index contributed by atoms with van der Waals surface area (Å²) >= 11 is 0. The molecule has 4 aliphatic rings. The van der Waals surface area contributed by atoms with Gasteiger partial charge in [0.15, 0.2) is 0 Å². The van der Waals surface area contributed by atoms with Crippen molar-refractivity contribution in [1.82, 2.24) is 19.8 Å². The molecule has 2 aromatic carbocycles. The number of carbonyl (C=O) groups excluding carboxylic acids is 1. The van der Waals surface area contributed by atoms with Gasteiger partial charge in [0.1, 0.15) is 0 Å². The Morgan fingerprint density at radius 2 is 1.04 bits per heavy atom. The SMILES string of the molecule is COC(=O)c1c(C)n([C@H](C)C2CCC(NC3(C)COC3)CC2)c2ccccc12.Cc1c(C(=O)O)c2ccccc2n1[C@H](C)C1CCC(NC2(C)COC2)CC1.[B]B([B])B([B])B([B])[B].[B][B]B([B])B([B])[B]. The van der Waals surface area contributed by atoms with Gasteiger partial charge in [-0.1, -0.05) is 36.4 Å². The summed E-state index contributed by atoms with van der Waals surface area (Å²) in [6.07, 6.45) is 6.80. The Bertz CT molecular complexity index is 2310. The van der Waals surface area contributed by atoms with Crippen LogP contribution in [-0.2, 0) is 14.2 Å². The summed E-state index contributed by atoms with van der Waals surface area (Å²) in [5.41, 5.74) is 5.55. The van der Waals surface area contributed by atoms with Gasteiger partial charge >= 0.3 is 11.9 Å². The number of fused-ring (bicyclic) bond motifs is 2. The van der Waals surface area contributed by atoms with Crippen LogP contribution in [0.3, 0.4) is 0 Å². The fourth-order valence-electron chi connectivity index (χ4n) is 10.7. The zero-order valence-electron chi connectivity index (χ0n) is 42.6. The lowest BCUT2D eigenvalue weighted by Crippen LogP contribution is -2.61. The van der Waals surface area contributed by atoms with E-state index >= 15 is 0 Å². The summed E-state index contributed by atoms with van der Waals surface area (Å²) in [7, 11) is 48.8. The Balaban J connectivity index is 0.000000203. The van der Waals surface area contributed by atoms with E-state index in [9.17, 15) is 14.7 Å². The third kappa shape index (κ3) is 14.3.